The second-order valence-corrected chi connectivity index (χ2v) is 6.17. The molecule has 1 amide bonds. The Kier molecular flexibility index (Phi) is 4.24. The van der Waals surface area contributed by atoms with Gasteiger partial charge in [0.2, 0.25) is 5.91 Å². The van der Waals surface area contributed by atoms with Gasteiger partial charge in [0.1, 0.15) is 5.82 Å². The fraction of sp³-hybridized carbons (Fsp3) is 0.529. The number of benzene rings is 1. The molecule has 1 saturated heterocycles. The van der Waals surface area contributed by atoms with Crippen LogP contribution in [0.5, 0.6) is 0 Å². The lowest BCUT2D eigenvalue weighted by molar-refractivity contribution is -0.122. The number of primary amides is 1. The van der Waals surface area contributed by atoms with Crippen LogP contribution in [-0.4, -0.2) is 29.4 Å². The predicted octanol–water partition coefficient (Wildman–Crippen LogP) is 2.62. The van der Waals surface area contributed by atoms with E-state index in [-0.39, 0.29) is 17.8 Å². The predicted molar refractivity (Wildman–Crippen MR) is 80.0 cm³/mol. The van der Waals surface area contributed by atoms with E-state index in [0.29, 0.717) is 12.0 Å². The number of likely N-dealkylation sites (tertiary alicyclic amines) is 1. The maximum Gasteiger partial charge on any atom is 0.235 e. The van der Waals surface area contributed by atoms with E-state index in [1.54, 1.807) is 12.1 Å². The summed E-state index contributed by atoms with van der Waals surface area (Å²) in [5, 5.41) is 0. The van der Waals surface area contributed by atoms with Gasteiger partial charge in [-0.2, -0.15) is 0 Å². The van der Waals surface area contributed by atoms with Crippen LogP contribution in [0.15, 0.2) is 24.3 Å². The molecule has 0 bridgehead atoms. The van der Waals surface area contributed by atoms with Gasteiger partial charge in [-0.05, 0) is 68.7 Å². The third-order valence-electron chi connectivity index (χ3n) is 4.93. The molecule has 1 heterocycles. The van der Waals surface area contributed by atoms with Crippen molar-refractivity contribution < 1.29 is 9.18 Å². The number of carbonyl (C=O) groups excluding carboxylic acids is 1. The second-order valence-electron chi connectivity index (χ2n) is 6.17. The Bertz CT molecular complexity index is 494. The number of carbonyl (C=O) groups is 1. The van der Waals surface area contributed by atoms with Crippen LogP contribution in [0.3, 0.4) is 0 Å². The zero-order valence-corrected chi connectivity index (χ0v) is 12.2. The molecule has 2 N–H and O–H groups in total. The molecule has 21 heavy (non-hydrogen) atoms. The smallest absolute Gasteiger partial charge is 0.235 e. The normalized spacial score (nSPS) is 30.4. The Hall–Kier alpha value is -1.42. The van der Waals surface area contributed by atoms with E-state index in [4.69, 9.17) is 5.73 Å². The zero-order chi connectivity index (χ0) is 14.8. The highest BCUT2D eigenvalue weighted by atomic mass is 19.1. The van der Waals surface area contributed by atoms with Gasteiger partial charge in [-0.1, -0.05) is 12.1 Å². The number of nitrogens with two attached hydrogens (primary N) is 1. The van der Waals surface area contributed by atoms with Crippen LogP contribution in [-0.2, 0) is 4.79 Å². The summed E-state index contributed by atoms with van der Waals surface area (Å²) in [6.07, 6.45) is 7.34. The standard InChI is InChI=1S/C17H22FN2O/c18-14-7-3-12(4-8-14)13-5-9-15(10-6-13)20-11-1-2-16(20)17(19)21/h2-4,7-8,13,15-16H,1,5-6,9-11H2,(H2,19,21). The van der Waals surface area contributed by atoms with Crippen LogP contribution >= 0.6 is 0 Å². The van der Waals surface area contributed by atoms with E-state index >= 15 is 0 Å². The Morgan fingerprint density at radius 1 is 1.14 bits per heavy atom. The molecule has 3 nitrogen and oxygen atoms in total. The molecule has 1 aliphatic heterocycles. The van der Waals surface area contributed by atoms with Crippen molar-refractivity contribution in [2.75, 3.05) is 6.54 Å². The van der Waals surface area contributed by atoms with Crippen molar-refractivity contribution in [1.82, 2.24) is 4.90 Å². The van der Waals surface area contributed by atoms with Crippen LogP contribution in [0.4, 0.5) is 4.39 Å². The largest absolute Gasteiger partial charge is 0.368 e. The fourth-order valence-corrected chi connectivity index (χ4v) is 3.82. The minimum atomic E-state index is -0.229. The van der Waals surface area contributed by atoms with Crippen molar-refractivity contribution in [2.24, 2.45) is 5.73 Å². The minimum Gasteiger partial charge on any atom is -0.368 e. The fourth-order valence-electron chi connectivity index (χ4n) is 3.82. The van der Waals surface area contributed by atoms with Gasteiger partial charge in [0.25, 0.3) is 0 Å². The summed E-state index contributed by atoms with van der Waals surface area (Å²) in [6, 6.07) is 7.15. The lowest BCUT2D eigenvalue weighted by Crippen LogP contribution is -2.47. The molecule has 3 rings (SSSR count). The third kappa shape index (κ3) is 3.10. The number of rotatable bonds is 3. The van der Waals surface area contributed by atoms with Crippen LogP contribution in [0.25, 0.3) is 0 Å². The van der Waals surface area contributed by atoms with E-state index in [2.05, 4.69) is 4.90 Å². The molecule has 1 aromatic rings. The Balaban J connectivity index is 1.60. The van der Waals surface area contributed by atoms with Gasteiger partial charge < -0.3 is 5.73 Å². The summed E-state index contributed by atoms with van der Waals surface area (Å²) in [5.41, 5.74) is 6.71. The lowest BCUT2D eigenvalue weighted by Gasteiger charge is -2.37. The van der Waals surface area contributed by atoms with Crippen LogP contribution < -0.4 is 5.73 Å². The highest BCUT2D eigenvalue weighted by Gasteiger charge is 2.36. The molecule has 4 heteroatoms. The maximum atomic E-state index is 13.0. The Morgan fingerprint density at radius 2 is 1.81 bits per heavy atom. The summed E-state index contributed by atoms with van der Waals surface area (Å²) in [6.45, 7) is 0.944. The van der Waals surface area contributed by atoms with Crippen molar-refractivity contribution in [3.05, 3.63) is 42.1 Å². The number of hydrogen-bond donors (Lipinski definition) is 1. The summed E-state index contributed by atoms with van der Waals surface area (Å²) < 4.78 is 13.0. The van der Waals surface area contributed by atoms with Crippen molar-refractivity contribution in [3.8, 4) is 0 Å². The van der Waals surface area contributed by atoms with E-state index in [9.17, 15) is 9.18 Å². The molecule has 1 aliphatic carbocycles. The summed E-state index contributed by atoms with van der Waals surface area (Å²) >= 11 is 0. The molecule has 113 valence electrons. The molecule has 1 radical (unpaired) electrons. The third-order valence-corrected chi connectivity index (χ3v) is 4.93. The van der Waals surface area contributed by atoms with Gasteiger partial charge in [0, 0.05) is 6.04 Å². The van der Waals surface area contributed by atoms with E-state index in [1.165, 1.54) is 5.56 Å². The van der Waals surface area contributed by atoms with Crippen molar-refractivity contribution >= 4 is 5.91 Å². The maximum absolute atomic E-state index is 13.0. The summed E-state index contributed by atoms with van der Waals surface area (Å²) in [5.74, 6) is 0.109. The SMILES string of the molecule is NC(=O)C1[CH]CCN1C1CCC(c2ccc(F)cc2)CC1. The van der Waals surface area contributed by atoms with Crippen LogP contribution in [0.1, 0.15) is 43.6 Å². The second kappa shape index (κ2) is 6.14. The topological polar surface area (TPSA) is 46.3 Å². The highest BCUT2D eigenvalue weighted by Crippen LogP contribution is 2.36. The van der Waals surface area contributed by atoms with Crippen molar-refractivity contribution in [3.63, 3.8) is 0 Å². The van der Waals surface area contributed by atoms with E-state index in [1.807, 2.05) is 18.6 Å². The molecule has 1 unspecified atom stereocenters. The first-order valence-electron chi connectivity index (χ1n) is 7.79. The van der Waals surface area contributed by atoms with E-state index in [0.717, 1.165) is 38.6 Å². The Labute approximate surface area is 125 Å². The van der Waals surface area contributed by atoms with Gasteiger partial charge in [-0.15, -0.1) is 0 Å². The molecule has 2 fully saturated rings. The first kappa shape index (κ1) is 14.5. The number of halogens is 1. The quantitative estimate of drug-likeness (QED) is 0.929. The number of amides is 1. The monoisotopic (exact) mass is 289 g/mol. The Morgan fingerprint density at radius 3 is 2.43 bits per heavy atom. The lowest BCUT2D eigenvalue weighted by atomic mass is 9.81. The van der Waals surface area contributed by atoms with E-state index < -0.39 is 0 Å². The molecule has 0 aromatic heterocycles. The summed E-state index contributed by atoms with van der Waals surface area (Å²) in [4.78, 5) is 13.8. The van der Waals surface area contributed by atoms with Crippen molar-refractivity contribution in [2.45, 2.75) is 50.1 Å². The highest BCUT2D eigenvalue weighted by molar-refractivity contribution is 5.81. The molecular weight excluding hydrogens is 267 g/mol. The summed E-state index contributed by atoms with van der Waals surface area (Å²) in [7, 11) is 0. The molecule has 1 saturated carbocycles. The molecular formula is C17H22FN2O. The number of hydrogen-bond acceptors (Lipinski definition) is 2. The molecule has 1 atom stereocenters. The zero-order valence-electron chi connectivity index (χ0n) is 12.2. The number of nitrogens with zero attached hydrogens (tertiary/aromatic N) is 1. The van der Waals surface area contributed by atoms with Gasteiger partial charge in [0.05, 0.1) is 6.04 Å². The van der Waals surface area contributed by atoms with Gasteiger partial charge in [-0.3, -0.25) is 9.69 Å². The molecule has 0 spiro atoms. The van der Waals surface area contributed by atoms with Crippen molar-refractivity contribution in [1.29, 1.82) is 0 Å². The molecule has 1 aromatic carbocycles. The van der Waals surface area contributed by atoms with Crippen LogP contribution in [0.2, 0.25) is 0 Å². The molecule has 2 aliphatic rings. The average Bonchev–Trinajstić information content (AvgIpc) is 2.98. The average molecular weight is 289 g/mol. The van der Waals surface area contributed by atoms with Gasteiger partial charge in [0.15, 0.2) is 0 Å². The first-order valence-corrected chi connectivity index (χ1v) is 7.79. The van der Waals surface area contributed by atoms with Gasteiger partial charge in [-0.25, -0.2) is 4.39 Å². The van der Waals surface area contributed by atoms with Gasteiger partial charge >= 0.3 is 0 Å². The minimum absolute atomic E-state index is 0.177. The first-order chi connectivity index (χ1) is 10.1. The van der Waals surface area contributed by atoms with Crippen LogP contribution in [0, 0.1) is 12.2 Å².